The van der Waals surface area contributed by atoms with E-state index in [1.807, 2.05) is 24.0 Å². The number of nitrogens with one attached hydrogen (secondary N) is 1. The Balaban J connectivity index is 2.33. The highest BCUT2D eigenvalue weighted by molar-refractivity contribution is 5.00. The summed E-state index contributed by atoms with van der Waals surface area (Å²) in [5.74, 6) is 5.53. The van der Waals surface area contributed by atoms with E-state index in [4.69, 9.17) is 5.84 Å². The Bertz CT molecular complexity index is 269. The minimum Gasteiger partial charge on any atom is -0.276 e. The highest BCUT2D eigenvalue weighted by Gasteiger charge is 2.08. The summed E-state index contributed by atoms with van der Waals surface area (Å²) >= 11 is 0. The van der Waals surface area contributed by atoms with E-state index in [0.717, 1.165) is 18.5 Å². The van der Waals surface area contributed by atoms with Crippen LogP contribution in [-0.2, 0) is 13.5 Å². The molecule has 1 unspecified atom stereocenters. The topological polar surface area (TPSA) is 55.9 Å². The van der Waals surface area contributed by atoms with Crippen molar-refractivity contribution in [3.05, 3.63) is 18.0 Å². The predicted octanol–water partition coefficient (Wildman–Crippen LogP) is 1.37. The Morgan fingerprint density at radius 2 is 2.33 bits per heavy atom. The Morgan fingerprint density at radius 1 is 1.53 bits per heavy atom. The second-order valence-electron chi connectivity index (χ2n) is 4.04. The SMILES string of the molecule is CCCCCC(Cc1ccn(C)n1)NN. The van der Waals surface area contributed by atoms with Gasteiger partial charge in [-0.1, -0.05) is 26.2 Å². The molecule has 3 N–H and O–H groups in total. The quantitative estimate of drug-likeness (QED) is 0.406. The van der Waals surface area contributed by atoms with Gasteiger partial charge in [-0.3, -0.25) is 16.0 Å². The Hall–Kier alpha value is -0.870. The molecule has 1 heterocycles. The van der Waals surface area contributed by atoms with E-state index < -0.39 is 0 Å². The first-order chi connectivity index (χ1) is 7.26. The fourth-order valence-corrected chi connectivity index (χ4v) is 1.71. The molecule has 0 aromatic carbocycles. The largest absolute Gasteiger partial charge is 0.276 e. The van der Waals surface area contributed by atoms with Crippen LogP contribution < -0.4 is 11.3 Å². The molecule has 4 heteroatoms. The van der Waals surface area contributed by atoms with Crippen molar-refractivity contribution >= 4 is 0 Å². The van der Waals surface area contributed by atoms with Crippen LogP contribution in [0, 0.1) is 0 Å². The first-order valence-corrected chi connectivity index (χ1v) is 5.71. The van der Waals surface area contributed by atoms with Gasteiger partial charge in [0.05, 0.1) is 5.69 Å². The third-order valence-electron chi connectivity index (χ3n) is 2.62. The lowest BCUT2D eigenvalue weighted by Gasteiger charge is -2.13. The molecule has 4 nitrogen and oxygen atoms in total. The molecule has 0 bridgehead atoms. The number of rotatable bonds is 7. The van der Waals surface area contributed by atoms with Gasteiger partial charge in [-0.25, -0.2) is 0 Å². The first-order valence-electron chi connectivity index (χ1n) is 5.71. The molecular weight excluding hydrogens is 188 g/mol. The number of hydrogen-bond acceptors (Lipinski definition) is 3. The predicted molar refractivity (Wildman–Crippen MR) is 62.2 cm³/mol. The molecule has 0 saturated carbocycles. The zero-order chi connectivity index (χ0) is 11.1. The lowest BCUT2D eigenvalue weighted by molar-refractivity contribution is 0.461. The maximum absolute atomic E-state index is 5.53. The number of unbranched alkanes of at least 4 members (excludes halogenated alkanes) is 2. The van der Waals surface area contributed by atoms with Crippen LogP contribution in [-0.4, -0.2) is 15.8 Å². The van der Waals surface area contributed by atoms with Gasteiger partial charge in [0, 0.05) is 25.7 Å². The van der Waals surface area contributed by atoms with Gasteiger partial charge >= 0.3 is 0 Å². The summed E-state index contributed by atoms with van der Waals surface area (Å²) in [5.41, 5.74) is 3.98. The Labute approximate surface area is 91.8 Å². The fourth-order valence-electron chi connectivity index (χ4n) is 1.71. The van der Waals surface area contributed by atoms with Crippen molar-refractivity contribution in [1.29, 1.82) is 0 Å². The molecule has 1 atom stereocenters. The van der Waals surface area contributed by atoms with Gasteiger partial charge in [-0.15, -0.1) is 0 Å². The van der Waals surface area contributed by atoms with Crippen molar-refractivity contribution in [2.24, 2.45) is 12.9 Å². The summed E-state index contributed by atoms with van der Waals surface area (Å²) in [6, 6.07) is 2.40. The van der Waals surface area contributed by atoms with Gasteiger partial charge in [-0.05, 0) is 12.5 Å². The molecule has 0 radical (unpaired) electrons. The summed E-state index contributed by atoms with van der Waals surface area (Å²) in [5, 5.41) is 4.35. The summed E-state index contributed by atoms with van der Waals surface area (Å²) in [6.07, 6.45) is 7.77. The third kappa shape index (κ3) is 4.44. The van der Waals surface area contributed by atoms with Crippen LogP contribution in [0.25, 0.3) is 0 Å². The summed E-state index contributed by atoms with van der Waals surface area (Å²) in [7, 11) is 1.94. The second kappa shape index (κ2) is 6.58. The van der Waals surface area contributed by atoms with Gasteiger partial charge in [0.15, 0.2) is 0 Å². The third-order valence-corrected chi connectivity index (χ3v) is 2.62. The molecule has 15 heavy (non-hydrogen) atoms. The fraction of sp³-hybridized carbons (Fsp3) is 0.727. The van der Waals surface area contributed by atoms with E-state index in [0.29, 0.717) is 6.04 Å². The van der Waals surface area contributed by atoms with Crippen molar-refractivity contribution in [1.82, 2.24) is 15.2 Å². The summed E-state index contributed by atoms with van der Waals surface area (Å²) in [4.78, 5) is 0. The maximum atomic E-state index is 5.53. The number of aromatic nitrogens is 2. The standard InChI is InChI=1S/C11H22N4/c1-3-4-5-6-10(13-12)9-11-7-8-15(2)14-11/h7-8,10,13H,3-6,9,12H2,1-2H3. The van der Waals surface area contributed by atoms with Crippen LogP contribution in [0.1, 0.15) is 38.3 Å². The van der Waals surface area contributed by atoms with Gasteiger partial charge in [0.1, 0.15) is 0 Å². The molecule has 0 aliphatic heterocycles. The highest BCUT2D eigenvalue weighted by Crippen LogP contribution is 2.07. The van der Waals surface area contributed by atoms with Crippen LogP contribution in [0.2, 0.25) is 0 Å². The Morgan fingerprint density at radius 3 is 2.87 bits per heavy atom. The normalized spacial score (nSPS) is 13.0. The Kier molecular flexibility index (Phi) is 5.36. The number of nitrogens with zero attached hydrogens (tertiary/aromatic N) is 2. The van der Waals surface area contributed by atoms with E-state index in [1.165, 1.54) is 19.3 Å². The molecule has 0 spiro atoms. The van der Waals surface area contributed by atoms with E-state index in [2.05, 4.69) is 17.4 Å². The lowest BCUT2D eigenvalue weighted by Crippen LogP contribution is -2.36. The van der Waals surface area contributed by atoms with Gasteiger partial charge in [0.25, 0.3) is 0 Å². The highest BCUT2D eigenvalue weighted by atomic mass is 15.3. The molecule has 1 aromatic heterocycles. The molecule has 1 rings (SSSR count). The number of hydrazine groups is 1. The van der Waals surface area contributed by atoms with Crippen LogP contribution in [0.15, 0.2) is 12.3 Å². The minimum atomic E-state index is 0.353. The van der Waals surface area contributed by atoms with Crippen LogP contribution in [0.5, 0.6) is 0 Å². The average Bonchev–Trinajstić information content (AvgIpc) is 2.63. The molecule has 0 fully saturated rings. The van der Waals surface area contributed by atoms with Gasteiger partial charge < -0.3 is 0 Å². The van der Waals surface area contributed by atoms with Crippen molar-refractivity contribution < 1.29 is 0 Å². The minimum absolute atomic E-state index is 0.353. The number of nitrogens with two attached hydrogens (primary N) is 1. The molecule has 0 amide bonds. The zero-order valence-corrected chi connectivity index (χ0v) is 9.74. The van der Waals surface area contributed by atoms with E-state index in [-0.39, 0.29) is 0 Å². The first kappa shape index (κ1) is 12.2. The molecule has 0 aliphatic carbocycles. The zero-order valence-electron chi connectivity index (χ0n) is 9.74. The van der Waals surface area contributed by atoms with Crippen LogP contribution >= 0.6 is 0 Å². The van der Waals surface area contributed by atoms with Crippen molar-refractivity contribution in [2.45, 2.75) is 45.1 Å². The number of aryl methyl sites for hydroxylation is 1. The molecule has 0 saturated heterocycles. The smallest absolute Gasteiger partial charge is 0.0640 e. The van der Waals surface area contributed by atoms with Crippen molar-refractivity contribution in [3.8, 4) is 0 Å². The van der Waals surface area contributed by atoms with E-state index in [1.54, 1.807) is 0 Å². The molecule has 86 valence electrons. The second-order valence-corrected chi connectivity index (χ2v) is 4.04. The van der Waals surface area contributed by atoms with Crippen LogP contribution in [0.4, 0.5) is 0 Å². The monoisotopic (exact) mass is 210 g/mol. The molecular formula is C11H22N4. The summed E-state index contributed by atoms with van der Waals surface area (Å²) < 4.78 is 1.83. The van der Waals surface area contributed by atoms with E-state index >= 15 is 0 Å². The number of hydrogen-bond donors (Lipinski definition) is 2. The van der Waals surface area contributed by atoms with Gasteiger partial charge in [0.2, 0.25) is 0 Å². The van der Waals surface area contributed by atoms with Crippen molar-refractivity contribution in [3.63, 3.8) is 0 Å². The van der Waals surface area contributed by atoms with Crippen molar-refractivity contribution in [2.75, 3.05) is 0 Å². The lowest BCUT2D eigenvalue weighted by atomic mass is 10.0. The molecule has 1 aromatic rings. The molecule has 0 aliphatic rings. The van der Waals surface area contributed by atoms with Gasteiger partial charge in [-0.2, -0.15) is 5.10 Å². The maximum Gasteiger partial charge on any atom is 0.0640 e. The average molecular weight is 210 g/mol. The summed E-state index contributed by atoms with van der Waals surface area (Å²) in [6.45, 7) is 2.21. The van der Waals surface area contributed by atoms with Crippen LogP contribution in [0.3, 0.4) is 0 Å². The van der Waals surface area contributed by atoms with E-state index in [9.17, 15) is 0 Å².